The van der Waals surface area contributed by atoms with E-state index in [4.69, 9.17) is 5.73 Å². The predicted octanol–water partition coefficient (Wildman–Crippen LogP) is 0.815. The molecule has 0 fully saturated rings. The maximum Gasteiger partial charge on any atom is 0.252 e. The lowest BCUT2D eigenvalue weighted by Gasteiger charge is -2.18. The van der Waals surface area contributed by atoms with E-state index in [1.54, 1.807) is 18.5 Å². The van der Waals surface area contributed by atoms with Gasteiger partial charge in [0.1, 0.15) is 0 Å². The first-order chi connectivity index (χ1) is 8.47. The highest BCUT2D eigenvalue weighted by Crippen LogP contribution is 2.13. The van der Waals surface area contributed by atoms with Gasteiger partial charge >= 0.3 is 0 Å². The summed E-state index contributed by atoms with van der Waals surface area (Å²) in [6.07, 6.45) is 3.91. The number of carbonyl (C=O) groups is 1. The molecule has 4 N–H and O–H groups in total. The third-order valence-corrected chi connectivity index (χ3v) is 2.65. The first kappa shape index (κ1) is 12.5. The van der Waals surface area contributed by atoms with Crippen LogP contribution >= 0.6 is 0 Å². The third-order valence-electron chi connectivity index (χ3n) is 2.65. The number of nitrogens with one attached hydrogen (secondary N) is 2. The number of aromatic nitrogens is 3. The number of H-pyrrole nitrogens is 1. The highest BCUT2D eigenvalue weighted by Gasteiger charge is 2.14. The summed E-state index contributed by atoms with van der Waals surface area (Å²) in [7, 11) is 0. The standard InChI is InChI=1S/C12H17N5O/c1-12(2,13)4-6-15-11(18)8-3-5-14-10-9(8)7-16-17-10/h3,5,7H,4,6,13H2,1-2H3,(H,15,18)(H,14,16,17). The Morgan fingerprint density at radius 3 is 3.06 bits per heavy atom. The Balaban J connectivity index is 2.07. The van der Waals surface area contributed by atoms with Crippen LogP contribution in [-0.2, 0) is 0 Å². The van der Waals surface area contributed by atoms with Crippen LogP contribution < -0.4 is 11.1 Å². The van der Waals surface area contributed by atoms with Crippen LogP contribution in [-0.4, -0.2) is 33.2 Å². The van der Waals surface area contributed by atoms with E-state index in [1.165, 1.54) is 0 Å². The summed E-state index contributed by atoms with van der Waals surface area (Å²) in [5.74, 6) is -0.131. The molecule has 0 aliphatic carbocycles. The zero-order valence-corrected chi connectivity index (χ0v) is 10.5. The fourth-order valence-corrected chi connectivity index (χ4v) is 1.64. The molecule has 2 rings (SSSR count). The number of nitrogens with zero attached hydrogens (tertiary/aromatic N) is 2. The minimum atomic E-state index is -0.281. The molecular weight excluding hydrogens is 230 g/mol. The van der Waals surface area contributed by atoms with Crippen molar-refractivity contribution in [3.05, 3.63) is 24.0 Å². The Bertz CT molecular complexity index is 555. The van der Waals surface area contributed by atoms with Crippen molar-refractivity contribution in [2.75, 3.05) is 6.54 Å². The molecular formula is C12H17N5O. The number of hydrogen-bond acceptors (Lipinski definition) is 4. The lowest BCUT2D eigenvalue weighted by Crippen LogP contribution is -2.37. The maximum absolute atomic E-state index is 12.0. The summed E-state index contributed by atoms with van der Waals surface area (Å²) in [6.45, 7) is 4.41. The van der Waals surface area contributed by atoms with Crippen molar-refractivity contribution in [3.8, 4) is 0 Å². The number of nitrogens with two attached hydrogens (primary N) is 1. The summed E-state index contributed by atoms with van der Waals surface area (Å²) in [6, 6.07) is 1.68. The van der Waals surface area contributed by atoms with Crippen molar-refractivity contribution in [3.63, 3.8) is 0 Å². The second kappa shape index (κ2) is 4.73. The first-order valence-electron chi connectivity index (χ1n) is 5.82. The quantitative estimate of drug-likeness (QED) is 0.745. The Kier molecular flexibility index (Phi) is 3.29. The lowest BCUT2D eigenvalue weighted by molar-refractivity contribution is 0.0953. The van der Waals surface area contributed by atoms with E-state index in [9.17, 15) is 4.79 Å². The zero-order chi connectivity index (χ0) is 13.2. The van der Waals surface area contributed by atoms with Gasteiger partial charge in [-0.25, -0.2) is 4.98 Å². The molecule has 0 saturated carbocycles. The lowest BCUT2D eigenvalue weighted by atomic mass is 10.0. The Morgan fingerprint density at radius 1 is 1.56 bits per heavy atom. The molecule has 0 spiro atoms. The van der Waals surface area contributed by atoms with E-state index >= 15 is 0 Å². The molecule has 0 aliphatic heterocycles. The SMILES string of the molecule is CC(C)(N)CCNC(=O)c1ccnc2[nH]ncc12. The van der Waals surface area contributed by atoms with E-state index in [0.29, 0.717) is 17.8 Å². The number of hydrogen-bond donors (Lipinski definition) is 3. The van der Waals surface area contributed by atoms with Crippen molar-refractivity contribution < 1.29 is 4.79 Å². The molecule has 0 saturated heterocycles. The van der Waals surface area contributed by atoms with Crippen LogP contribution in [0.5, 0.6) is 0 Å². The first-order valence-corrected chi connectivity index (χ1v) is 5.82. The summed E-state index contributed by atoms with van der Waals surface area (Å²) in [5.41, 5.74) is 6.76. The van der Waals surface area contributed by atoms with Crippen molar-refractivity contribution in [2.45, 2.75) is 25.8 Å². The minimum Gasteiger partial charge on any atom is -0.352 e. The highest BCUT2D eigenvalue weighted by atomic mass is 16.1. The molecule has 96 valence electrons. The van der Waals surface area contributed by atoms with Crippen LogP contribution in [0.2, 0.25) is 0 Å². The predicted molar refractivity (Wildman–Crippen MR) is 69.1 cm³/mol. The minimum absolute atomic E-state index is 0.131. The topological polar surface area (TPSA) is 96.7 Å². The average Bonchev–Trinajstić information content (AvgIpc) is 2.74. The summed E-state index contributed by atoms with van der Waals surface area (Å²) >= 11 is 0. The summed E-state index contributed by atoms with van der Waals surface area (Å²) in [4.78, 5) is 16.1. The number of carbonyl (C=O) groups excluding carboxylic acids is 1. The molecule has 1 amide bonds. The fraction of sp³-hybridized carbons (Fsp3) is 0.417. The molecule has 2 heterocycles. The summed E-state index contributed by atoms with van der Waals surface area (Å²) in [5, 5.41) is 10.2. The van der Waals surface area contributed by atoms with Crippen LogP contribution in [0.1, 0.15) is 30.6 Å². The number of amides is 1. The average molecular weight is 247 g/mol. The molecule has 2 aromatic heterocycles. The molecule has 6 nitrogen and oxygen atoms in total. The van der Waals surface area contributed by atoms with Gasteiger partial charge in [0.25, 0.3) is 5.91 Å². The van der Waals surface area contributed by atoms with Gasteiger partial charge in [-0.3, -0.25) is 9.89 Å². The van der Waals surface area contributed by atoms with Gasteiger partial charge in [0.2, 0.25) is 0 Å². The van der Waals surface area contributed by atoms with Crippen LogP contribution in [0.4, 0.5) is 0 Å². The fourth-order valence-electron chi connectivity index (χ4n) is 1.64. The van der Waals surface area contributed by atoms with Gasteiger partial charge in [0, 0.05) is 18.3 Å². The van der Waals surface area contributed by atoms with Crippen molar-refractivity contribution in [1.29, 1.82) is 0 Å². The second-order valence-corrected chi connectivity index (χ2v) is 4.99. The van der Waals surface area contributed by atoms with E-state index in [0.717, 1.165) is 11.8 Å². The van der Waals surface area contributed by atoms with Crippen molar-refractivity contribution >= 4 is 16.9 Å². The van der Waals surface area contributed by atoms with Crippen molar-refractivity contribution in [1.82, 2.24) is 20.5 Å². The van der Waals surface area contributed by atoms with E-state index < -0.39 is 0 Å². The van der Waals surface area contributed by atoms with Gasteiger partial charge < -0.3 is 11.1 Å². The molecule has 0 bridgehead atoms. The molecule has 0 aromatic carbocycles. The van der Waals surface area contributed by atoms with E-state index in [1.807, 2.05) is 13.8 Å². The Morgan fingerprint density at radius 2 is 2.33 bits per heavy atom. The summed E-state index contributed by atoms with van der Waals surface area (Å²) < 4.78 is 0. The number of fused-ring (bicyclic) bond motifs is 1. The second-order valence-electron chi connectivity index (χ2n) is 4.99. The normalized spacial score (nSPS) is 11.7. The largest absolute Gasteiger partial charge is 0.352 e. The van der Waals surface area contributed by atoms with Gasteiger partial charge in [-0.05, 0) is 26.3 Å². The molecule has 2 aromatic rings. The van der Waals surface area contributed by atoms with Crippen LogP contribution in [0.25, 0.3) is 11.0 Å². The molecule has 18 heavy (non-hydrogen) atoms. The van der Waals surface area contributed by atoms with Gasteiger partial charge in [-0.2, -0.15) is 5.10 Å². The van der Waals surface area contributed by atoms with Gasteiger partial charge in [0.05, 0.1) is 17.1 Å². The van der Waals surface area contributed by atoms with E-state index in [-0.39, 0.29) is 11.4 Å². The van der Waals surface area contributed by atoms with Crippen LogP contribution in [0.15, 0.2) is 18.5 Å². The number of pyridine rings is 1. The van der Waals surface area contributed by atoms with Crippen LogP contribution in [0.3, 0.4) is 0 Å². The van der Waals surface area contributed by atoms with Gasteiger partial charge in [-0.1, -0.05) is 0 Å². The number of aromatic amines is 1. The Hall–Kier alpha value is -1.95. The highest BCUT2D eigenvalue weighted by molar-refractivity contribution is 6.05. The number of rotatable bonds is 4. The Labute approximate surface area is 105 Å². The molecule has 0 radical (unpaired) electrons. The molecule has 6 heteroatoms. The van der Waals surface area contributed by atoms with Crippen molar-refractivity contribution in [2.24, 2.45) is 5.73 Å². The molecule has 0 atom stereocenters. The molecule has 0 unspecified atom stereocenters. The molecule has 0 aliphatic rings. The zero-order valence-electron chi connectivity index (χ0n) is 10.5. The monoisotopic (exact) mass is 247 g/mol. The van der Waals surface area contributed by atoms with Crippen LogP contribution in [0, 0.1) is 0 Å². The maximum atomic E-state index is 12.0. The third kappa shape index (κ3) is 2.84. The van der Waals surface area contributed by atoms with E-state index in [2.05, 4.69) is 20.5 Å². The smallest absolute Gasteiger partial charge is 0.252 e. The van der Waals surface area contributed by atoms with Gasteiger partial charge in [0.15, 0.2) is 5.65 Å². The van der Waals surface area contributed by atoms with Gasteiger partial charge in [-0.15, -0.1) is 0 Å².